The molecule has 0 spiro atoms. The highest BCUT2D eigenvalue weighted by atomic mass is 16.5. The van der Waals surface area contributed by atoms with Crippen molar-refractivity contribution in [3.63, 3.8) is 0 Å². The molecule has 0 saturated heterocycles. The summed E-state index contributed by atoms with van der Waals surface area (Å²) >= 11 is 0. The molecule has 4 aromatic rings. The predicted octanol–water partition coefficient (Wildman–Crippen LogP) is 3.52. The average molecular weight is 418 g/mol. The van der Waals surface area contributed by atoms with Crippen LogP contribution in [0.25, 0.3) is 11.0 Å². The number of hydrogen-bond donors (Lipinski definition) is 2. The lowest BCUT2D eigenvalue weighted by molar-refractivity contribution is 0.281. The van der Waals surface area contributed by atoms with Crippen LogP contribution in [0.5, 0.6) is 11.5 Å². The largest absolute Gasteiger partial charge is 0.493 e. The van der Waals surface area contributed by atoms with E-state index in [1.807, 2.05) is 60.9 Å². The molecule has 5 rings (SSSR count). The van der Waals surface area contributed by atoms with Crippen molar-refractivity contribution >= 4 is 22.9 Å². The maximum atomic E-state index is 6.04. The second-order valence-corrected chi connectivity index (χ2v) is 7.31. The number of nitrogens with zero attached hydrogens (tertiary/aromatic N) is 4. The number of aryl methyl sites for hydroxylation is 2. The quantitative estimate of drug-likeness (QED) is 0.510. The number of nitrogens with two attached hydrogens (primary N) is 1. The summed E-state index contributed by atoms with van der Waals surface area (Å²) in [5.41, 5.74) is 10.5. The molecule has 31 heavy (non-hydrogen) atoms. The zero-order valence-corrected chi connectivity index (χ0v) is 17.4. The minimum Gasteiger partial charge on any atom is -0.493 e. The molecule has 0 fully saturated rings. The first kappa shape index (κ1) is 19.0. The van der Waals surface area contributed by atoms with Crippen LogP contribution in [0.1, 0.15) is 28.7 Å². The third-order valence-electron chi connectivity index (χ3n) is 5.38. The summed E-state index contributed by atoms with van der Waals surface area (Å²) in [7, 11) is 1.61. The molecule has 0 amide bonds. The molecule has 9 heteroatoms. The summed E-state index contributed by atoms with van der Waals surface area (Å²) in [6.07, 6.45) is -0.380. The fraction of sp³-hybridized carbons (Fsp3) is 0.227. The molecule has 0 unspecified atom stereocenters. The van der Waals surface area contributed by atoms with Gasteiger partial charge in [-0.1, -0.05) is 23.4 Å². The molecule has 3 N–H and O–H groups in total. The van der Waals surface area contributed by atoms with Crippen LogP contribution in [-0.2, 0) is 6.61 Å². The monoisotopic (exact) mass is 418 g/mol. The number of guanidine groups is 1. The second-order valence-electron chi connectivity index (χ2n) is 7.31. The number of aliphatic imine (C=N–C) groups is 1. The fourth-order valence-corrected chi connectivity index (χ4v) is 3.76. The summed E-state index contributed by atoms with van der Waals surface area (Å²) in [6.45, 7) is 4.10. The number of benzene rings is 2. The molecule has 0 radical (unpaired) electrons. The van der Waals surface area contributed by atoms with E-state index in [1.54, 1.807) is 7.11 Å². The van der Waals surface area contributed by atoms with Crippen LogP contribution in [0.4, 0.5) is 5.95 Å². The summed E-state index contributed by atoms with van der Waals surface area (Å²) in [5, 5.41) is 7.01. The highest BCUT2D eigenvalue weighted by molar-refractivity contribution is 5.94. The molecule has 0 saturated carbocycles. The predicted molar refractivity (Wildman–Crippen MR) is 116 cm³/mol. The number of aromatic nitrogens is 3. The van der Waals surface area contributed by atoms with Gasteiger partial charge in [-0.25, -0.2) is 9.98 Å². The van der Waals surface area contributed by atoms with E-state index in [9.17, 15) is 0 Å². The minimum absolute atomic E-state index is 0.311. The Balaban J connectivity index is 1.50. The van der Waals surface area contributed by atoms with Gasteiger partial charge in [-0.3, -0.25) is 9.88 Å². The molecule has 1 atom stereocenters. The average Bonchev–Trinajstić information content (AvgIpc) is 3.30. The van der Waals surface area contributed by atoms with Gasteiger partial charge in [0.15, 0.2) is 23.6 Å². The molecule has 1 aliphatic heterocycles. The summed E-state index contributed by atoms with van der Waals surface area (Å²) in [5.74, 6) is 2.92. The summed E-state index contributed by atoms with van der Waals surface area (Å²) in [4.78, 5) is 9.25. The van der Waals surface area contributed by atoms with Gasteiger partial charge in [0.05, 0.1) is 29.4 Å². The lowest BCUT2D eigenvalue weighted by atomic mass is 10.1. The number of methoxy groups -OCH3 is 1. The van der Waals surface area contributed by atoms with Crippen LogP contribution in [0.3, 0.4) is 0 Å². The number of anilines is 1. The second kappa shape index (κ2) is 7.35. The number of para-hydroxylation sites is 2. The van der Waals surface area contributed by atoms with E-state index in [1.165, 1.54) is 0 Å². The van der Waals surface area contributed by atoms with Crippen LogP contribution in [0.15, 0.2) is 52.0 Å². The highest BCUT2D eigenvalue weighted by Crippen LogP contribution is 2.37. The van der Waals surface area contributed by atoms with Gasteiger partial charge in [0.1, 0.15) is 12.4 Å². The van der Waals surface area contributed by atoms with Gasteiger partial charge in [0.2, 0.25) is 5.95 Å². The van der Waals surface area contributed by atoms with Crippen molar-refractivity contribution in [1.29, 1.82) is 0 Å². The van der Waals surface area contributed by atoms with Crippen LogP contribution in [0.2, 0.25) is 0 Å². The zero-order chi connectivity index (χ0) is 21.5. The third-order valence-corrected chi connectivity index (χ3v) is 5.38. The molecule has 0 aliphatic carbocycles. The van der Waals surface area contributed by atoms with Crippen molar-refractivity contribution in [1.82, 2.24) is 14.7 Å². The standard InChI is InChI=1S/C22H22N6O3/c1-12-15(13(2)31-27-12)11-30-18-9-8-14(10-19(18)29-3)20-25-21(23)26-22-24-16-6-4-5-7-17(16)28(20)22/h4-10,20H,11H2,1-3H3,(H3,23,24,25,26)/t20-/m0/s1. The Hall–Kier alpha value is -4.01. The van der Waals surface area contributed by atoms with E-state index in [0.29, 0.717) is 30.0 Å². The van der Waals surface area contributed by atoms with Crippen LogP contribution >= 0.6 is 0 Å². The normalized spacial score (nSPS) is 15.3. The lowest BCUT2D eigenvalue weighted by Crippen LogP contribution is -2.31. The first-order valence-corrected chi connectivity index (χ1v) is 9.85. The summed E-state index contributed by atoms with van der Waals surface area (Å²) in [6, 6.07) is 13.6. The van der Waals surface area contributed by atoms with Crippen molar-refractivity contribution in [2.24, 2.45) is 10.7 Å². The van der Waals surface area contributed by atoms with Gasteiger partial charge in [-0.2, -0.15) is 0 Å². The van der Waals surface area contributed by atoms with Gasteiger partial charge in [0.25, 0.3) is 0 Å². The van der Waals surface area contributed by atoms with Crippen molar-refractivity contribution in [3.05, 3.63) is 65.0 Å². The Morgan fingerprint density at radius 3 is 2.77 bits per heavy atom. The van der Waals surface area contributed by atoms with Crippen molar-refractivity contribution in [2.45, 2.75) is 26.6 Å². The van der Waals surface area contributed by atoms with Gasteiger partial charge in [-0.05, 0) is 38.1 Å². The molecular weight excluding hydrogens is 396 g/mol. The third kappa shape index (κ3) is 3.24. The van der Waals surface area contributed by atoms with Crippen molar-refractivity contribution in [2.75, 3.05) is 12.4 Å². The number of ether oxygens (including phenoxy) is 2. The number of imidazole rings is 1. The molecule has 0 bridgehead atoms. The Morgan fingerprint density at radius 2 is 2.00 bits per heavy atom. The molecule has 3 heterocycles. The summed E-state index contributed by atoms with van der Waals surface area (Å²) < 4.78 is 18.8. The molecule has 2 aromatic heterocycles. The molecular formula is C22H22N6O3. The Labute approximate surface area is 178 Å². The molecule has 1 aliphatic rings. The first-order valence-electron chi connectivity index (χ1n) is 9.85. The van der Waals surface area contributed by atoms with Crippen LogP contribution in [0, 0.1) is 13.8 Å². The fourth-order valence-electron chi connectivity index (χ4n) is 3.76. The van der Waals surface area contributed by atoms with Crippen molar-refractivity contribution < 1.29 is 14.0 Å². The number of nitrogens with one attached hydrogen (secondary N) is 1. The van der Waals surface area contributed by atoms with Gasteiger partial charge >= 0.3 is 0 Å². The molecule has 2 aromatic carbocycles. The Kier molecular flexibility index (Phi) is 4.50. The number of fused-ring (bicyclic) bond motifs is 3. The van der Waals surface area contributed by atoms with E-state index < -0.39 is 0 Å². The molecule has 158 valence electrons. The number of rotatable bonds is 5. The van der Waals surface area contributed by atoms with Crippen LogP contribution < -0.4 is 20.5 Å². The minimum atomic E-state index is -0.380. The maximum absolute atomic E-state index is 6.04. The molecule has 9 nitrogen and oxygen atoms in total. The van der Waals surface area contributed by atoms with Crippen LogP contribution in [-0.4, -0.2) is 27.8 Å². The zero-order valence-electron chi connectivity index (χ0n) is 17.4. The van der Waals surface area contributed by atoms with Gasteiger partial charge in [-0.15, -0.1) is 0 Å². The Morgan fingerprint density at radius 1 is 1.16 bits per heavy atom. The van der Waals surface area contributed by atoms with E-state index in [0.717, 1.165) is 33.6 Å². The lowest BCUT2D eigenvalue weighted by Gasteiger charge is -2.24. The van der Waals surface area contributed by atoms with Gasteiger partial charge in [0, 0.05) is 5.56 Å². The smallest absolute Gasteiger partial charge is 0.212 e. The first-order chi connectivity index (χ1) is 15.0. The highest BCUT2D eigenvalue weighted by Gasteiger charge is 2.26. The maximum Gasteiger partial charge on any atom is 0.212 e. The van der Waals surface area contributed by atoms with Gasteiger partial charge < -0.3 is 19.7 Å². The SMILES string of the molecule is COc1cc([C@H]2N=C(N)Nc3nc4ccccc4n32)ccc1OCc1c(C)noc1C. The van der Waals surface area contributed by atoms with E-state index in [4.69, 9.17) is 19.7 Å². The van der Waals surface area contributed by atoms with E-state index in [-0.39, 0.29) is 6.17 Å². The van der Waals surface area contributed by atoms with E-state index in [2.05, 4.69) is 20.4 Å². The topological polar surface area (TPSA) is 113 Å². The van der Waals surface area contributed by atoms with E-state index >= 15 is 0 Å². The Bertz CT molecular complexity index is 1290. The number of hydrogen-bond acceptors (Lipinski definition) is 8. The van der Waals surface area contributed by atoms with Crippen molar-refractivity contribution in [3.8, 4) is 11.5 Å².